The van der Waals surface area contributed by atoms with Crippen molar-refractivity contribution in [2.24, 2.45) is 12.5 Å². The number of aromatic nitrogens is 2. The van der Waals surface area contributed by atoms with E-state index in [0.717, 1.165) is 25.1 Å². The molecule has 112 valence electrons. The van der Waals surface area contributed by atoms with Gasteiger partial charge in [-0.1, -0.05) is 6.92 Å². The van der Waals surface area contributed by atoms with Crippen LogP contribution in [0, 0.1) is 12.3 Å². The Labute approximate surface area is 120 Å². The summed E-state index contributed by atoms with van der Waals surface area (Å²) in [7, 11) is 1.92. The van der Waals surface area contributed by atoms with Gasteiger partial charge in [-0.15, -0.1) is 0 Å². The van der Waals surface area contributed by atoms with Gasteiger partial charge in [0.1, 0.15) is 0 Å². The Balaban J connectivity index is 2.20. The second kappa shape index (κ2) is 5.56. The molecule has 1 aromatic heterocycles. The van der Waals surface area contributed by atoms with Crippen molar-refractivity contribution in [1.82, 2.24) is 14.7 Å². The number of aryl methyl sites for hydroxylation is 2. The molecule has 1 aliphatic rings. The maximum absolute atomic E-state index is 11.6. The van der Waals surface area contributed by atoms with E-state index in [1.807, 2.05) is 31.8 Å². The van der Waals surface area contributed by atoms with Gasteiger partial charge in [0.25, 0.3) is 0 Å². The smallest absolute Gasteiger partial charge is 0.310 e. The fourth-order valence-corrected chi connectivity index (χ4v) is 3.34. The minimum absolute atomic E-state index is 0.217. The van der Waals surface area contributed by atoms with Crippen LogP contribution in [0.25, 0.3) is 0 Å². The number of hydrogen-bond acceptors (Lipinski definition) is 3. The number of hydrogen-bond donors (Lipinski definition) is 1. The first-order valence-electron chi connectivity index (χ1n) is 7.37. The highest BCUT2D eigenvalue weighted by Gasteiger charge is 2.42. The van der Waals surface area contributed by atoms with Crippen LogP contribution in [-0.4, -0.2) is 38.8 Å². The fraction of sp³-hybridized carbons (Fsp3) is 0.733. The van der Waals surface area contributed by atoms with Crippen molar-refractivity contribution in [3.05, 3.63) is 17.5 Å². The predicted molar refractivity (Wildman–Crippen MR) is 77.5 cm³/mol. The van der Waals surface area contributed by atoms with Crippen LogP contribution >= 0.6 is 0 Å². The van der Waals surface area contributed by atoms with Crippen LogP contribution in [0.3, 0.4) is 0 Å². The van der Waals surface area contributed by atoms with Gasteiger partial charge in [-0.2, -0.15) is 5.10 Å². The molecule has 0 spiro atoms. The lowest BCUT2D eigenvalue weighted by Crippen LogP contribution is -2.48. The number of carbonyl (C=O) groups is 1. The molecule has 0 radical (unpaired) electrons. The molecule has 0 bridgehead atoms. The van der Waals surface area contributed by atoms with Gasteiger partial charge < -0.3 is 5.11 Å². The second-order valence-corrected chi connectivity index (χ2v) is 6.03. The molecule has 5 nitrogen and oxygen atoms in total. The third-order valence-electron chi connectivity index (χ3n) is 4.79. The first-order chi connectivity index (χ1) is 9.39. The summed E-state index contributed by atoms with van der Waals surface area (Å²) in [4.78, 5) is 13.9. The molecule has 1 fully saturated rings. The topological polar surface area (TPSA) is 58.4 Å². The zero-order valence-corrected chi connectivity index (χ0v) is 12.9. The van der Waals surface area contributed by atoms with E-state index in [4.69, 9.17) is 0 Å². The van der Waals surface area contributed by atoms with Crippen molar-refractivity contribution in [2.75, 3.05) is 13.1 Å². The molecular weight excluding hydrogens is 254 g/mol. The molecule has 20 heavy (non-hydrogen) atoms. The number of likely N-dealkylation sites (tertiary alicyclic amines) is 1. The lowest BCUT2D eigenvalue weighted by atomic mass is 9.77. The zero-order valence-electron chi connectivity index (χ0n) is 12.9. The Bertz CT molecular complexity index is 497. The highest BCUT2D eigenvalue weighted by molar-refractivity contribution is 5.75. The van der Waals surface area contributed by atoms with E-state index in [2.05, 4.69) is 16.9 Å². The molecule has 2 unspecified atom stereocenters. The molecule has 2 atom stereocenters. The summed E-state index contributed by atoms with van der Waals surface area (Å²) in [5, 5.41) is 14.0. The standard InChI is InChI=1S/C15H25N3O2/c1-5-15(14(19)20)7-6-8-18(10-15)12(3)13-9-17(4)16-11(13)2/h9,12H,5-8,10H2,1-4H3,(H,19,20). The Morgan fingerprint density at radius 2 is 2.30 bits per heavy atom. The Morgan fingerprint density at radius 3 is 2.80 bits per heavy atom. The molecular formula is C15H25N3O2. The van der Waals surface area contributed by atoms with Gasteiger partial charge in [-0.05, 0) is 39.7 Å². The van der Waals surface area contributed by atoms with Crippen molar-refractivity contribution in [3.63, 3.8) is 0 Å². The van der Waals surface area contributed by atoms with Crippen LogP contribution < -0.4 is 0 Å². The van der Waals surface area contributed by atoms with Crippen LogP contribution in [-0.2, 0) is 11.8 Å². The van der Waals surface area contributed by atoms with Gasteiger partial charge in [0, 0.05) is 31.4 Å². The molecule has 0 saturated carbocycles. The van der Waals surface area contributed by atoms with Gasteiger partial charge in [0.2, 0.25) is 0 Å². The average molecular weight is 279 g/mol. The summed E-state index contributed by atoms with van der Waals surface area (Å²) in [6, 6.07) is 0.217. The maximum Gasteiger partial charge on any atom is 0.310 e. The Morgan fingerprint density at radius 1 is 1.60 bits per heavy atom. The predicted octanol–water partition coefficient (Wildman–Crippen LogP) is 2.37. The van der Waals surface area contributed by atoms with Gasteiger partial charge in [-0.25, -0.2) is 0 Å². The molecule has 1 N–H and O–H groups in total. The molecule has 1 saturated heterocycles. The van der Waals surface area contributed by atoms with E-state index in [-0.39, 0.29) is 6.04 Å². The molecule has 0 aliphatic carbocycles. The summed E-state index contributed by atoms with van der Waals surface area (Å²) in [5.74, 6) is -0.653. The maximum atomic E-state index is 11.6. The number of nitrogens with zero attached hydrogens (tertiary/aromatic N) is 3. The molecule has 1 aromatic rings. The van der Waals surface area contributed by atoms with E-state index in [0.29, 0.717) is 13.0 Å². The van der Waals surface area contributed by atoms with Gasteiger partial charge >= 0.3 is 5.97 Å². The normalized spacial score (nSPS) is 25.6. The van der Waals surface area contributed by atoms with Crippen molar-refractivity contribution >= 4 is 5.97 Å². The first kappa shape index (κ1) is 15.0. The molecule has 1 aliphatic heterocycles. The summed E-state index contributed by atoms with van der Waals surface area (Å²) in [6.07, 6.45) is 4.47. The third-order valence-corrected chi connectivity index (χ3v) is 4.79. The van der Waals surface area contributed by atoms with Crippen LogP contribution in [0.4, 0.5) is 0 Å². The van der Waals surface area contributed by atoms with E-state index < -0.39 is 11.4 Å². The Hall–Kier alpha value is -1.36. The Kier molecular flexibility index (Phi) is 4.18. The molecule has 2 heterocycles. The third kappa shape index (κ3) is 2.59. The van der Waals surface area contributed by atoms with Crippen molar-refractivity contribution in [2.45, 2.75) is 46.1 Å². The highest BCUT2D eigenvalue weighted by Crippen LogP contribution is 2.37. The molecule has 2 rings (SSSR count). The van der Waals surface area contributed by atoms with Crippen LogP contribution in [0.2, 0.25) is 0 Å². The summed E-state index contributed by atoms with van der Waals surface area (Å²) >= 11 is 0. The lowest BCUT2D eigenvalue weighted by molar-refractivity contribution is -0.153. The monoisotopic (exact) mass is 279 g/mol. The summed E-state index contributed by atoms with van der Waals surface area (Å²) in [6.45, 7) is 7.74. The first-order valence-corrected chi connectivity index (χ1v) is 7.37. The molecule has 0 amide bonds. The van der Waals surface area contributed by atoms with Gasteiger partial charge in [0.15, 0.2) is 0 Å². The summed E-state index contributed by atoms with van der Waals surface area (Å²) < 4.78 is 1.83. The second-order valence-electron chi connectivity index (χ2n) is 6.03. The van der Waals surface area contributed by atoms with Gasteiger partial charge in [0.05, 0.1) is 11.1 Å². The van der Waals surface area contributed by atoms with Crippen molar-refractivity contribution in [1.29, 1.82) is 0 Å². The number of carboxylic acids is 1. The van der Waals surface area contributed by atoms with E-state index in [1.165, 1.54) is 5.56 Å². The quantitative estimate of drug-likeness (QED) is 0.919. The largest absolute Gasteiger partial charge is 0.481 e. The lowest BCUT2D eigenvalue weighted by Gasteiger charge is -2.42. The number of rotatable bonds is 4. The van der Waals surface area contributed by atoms with Crippen molar-refractivity contribution < 1.29 is 9.90 Å². The van der Waals surface area contributed by atoms with Crippen molar-refractivity contribution in [3.8, 4) is 0 Å². The van der Waals surface area contributed by atoms with E-state index in [9.17, 15) is 9.90 Å². The van der Waals surface area contributed by atoms with E-state index >= 15 is 0 Å². The van der Waals surface area contributed by atoms with Crippen LogP contribution in [0.15, 0.2) is 6.20 Å². The van der Waals surface area contributed by atoms with Crippen LogP contribution in [0.1, 0.15) is 50.4 Å². The minimum Gasteiger partial charge on any atom is -0.481 e. The summed E-state index contributed by atoms with van der Waals surface area (Å²) in [5.41, 5.74) is 1.65. The molecule has 0 aromatic carbocycles. The fourth-order valence-electron chi connectivity index (χ4n) is 3.34. The number of piperidine rings is 1. The average Bonchev–Trinajstić information content (AvgIpc) is 2.76. The number of aliphatic carboxylic acids is 1. The van der Waals surface area contributed by atoms with Gasteiger partial charge in [-0.3, -0.25) is 14.4 Å². The minimum atomic E-state index is -0.653. The highest BCUT2D eigenvalue weighted by atomic mass is 16.4. The van der Waals surface area contributed by atoms with E-state index in [1.54, 1.807) is 0 Å². The SMILES string of the molecule is CCC1(C(=O)O)CCCN(C(C)c2cn(C)nc2C)C1. The molecule has 5 heteroatoms. The number of carboxylic acid groups (broad SMARTS) is 1. The van der Waals surface area contributed by atoms with Crippen LogP contribution in [0.5, 0.6) is 0 Å². The zero-order chi connectivity index (χ0) is 14.9.